The highest BCUT2D eigenvalue weighted by Gasteiger charge is 2.31. The van der Waals surface area contributed by atoms with E-state index in [0.717, 1.165) is 29.0 Å². The minimum Gasteiger partial charge on any atom is -0.467 e. The number of methoxy groups -OCH3 is 1. The molecule has 39 heavy (non-hydrogen) atoms. The number of carbonyl (C=O) groups is 2. The largest absolute Gasteiger partial charge is 0.467 e. The molecule has 2 heterocycles. The minimum absolute atomic E-state index is 0.0969. The molecule has 2 aromatic heterocycles. The first kappa shape index (κ1) is 27.4. The number of nitrogens with zero attached hydrogens (tertiary/aromatic N) is 3. The van der Waals surface area contributed by atoms with Crippen LogP contribution >= 0.6 is 0 Å². The molecule has 0 spiro atoms. The smallest absolute Gasteiger partial charge is 0.416 e. The van der Waals surface area contributed by atoms with Crippen LogP contribution in [0.15, 0.2) is 104 Å². The fraction of sp³-hybridized carbons (Fsp3) is 0.167. The van der Waals surface area contributed by atoms with E-state index in [1.807, 2.05) is 42.5 Å². The molecular weight excluding hydrogens is 507 g/mol. The number of halogens is 3. The Morgan fingerprint density at radius 3 is 2.26 bits per heavy atom. The van der Waals surface area contributed by atoms with Crippen molar-refractivity contribution in [2.75, 3.05) is 7.11 Å². The molecule has 0 N–H and O–H groups in total. The lowest BCUT2D eigenvalue weighted by Crippen LogP contribution is -2.46. The van der Waals surface area contributed by atoms with Gasteiger partial charge in [-0.3, -0.25) is 9.78 Å². The molecule has 0 saturated carbocycles. The van der Waals surface area contributed by atoms with Gasteiger partial charge in [0.05, 0.1) is 24.9 Å². The number of hydrogen-bond donors (Lipinski definition) is 0. The number of carbonyl (C=O) groups excluding carboxylic acids is 2. The Balaban J connectivity index is 1.61. The van der Waals surface area contributed by atoms with E-state index in [1.54, 1.807) is 35.3 Å². The van der Waals surface area contributed by atoms with Gasteiger partial charge in [-0.05, 0) is 53.6 Å². The zero-order valence-corrected chi connectivity index (χ0v) is 21.1. The molecule has 9 heteroatoms. The van der Waals surface area contributed by atoms with Crippen LogP contribution in [0.1, 0.15) is 16.7 Å². The van der Waals surface area contributed by atoms with Crippen molar-refractivity contribution < 1.29 is 27.5 Å². The van der Waals surface area contributed by atoms with E-state index in [9.17, 15) is 22.8 Å². The monoisotopic (exact) mass is 533 g/mol. The van der Waals surface area contributed by atoms with Crippen molar-refractivity contribution in [1.29, 1.82) is 0 Å². The van der Waals surface area contributed by atoms with Crippen LogP contribution in [0.4, 0.5) is 13.2 Å². The van der Waals surface area contributed by atoms with Gasteiger partial charge in [-0.25, -0.2) is 4.79 Å². The molecule has 6 nitrogen and oxygen atoms in total. The molecule has 0 radical (unpaired) electrons. The van der Waals surface area contributed by atoms with Crippen LogP contribution in [-0.4, -0.2) is 39.5 Å². The van der Waals surface area contributed by atoms with E-state index in [0.29, 0.717) is 5.56 Å². The van der Waals surface area contributed by atoms with Crippen molar-refractivity contribution in [2.45, 2.75) is 25.3 Å². The Labute approximate surface area is 224 Å². The number of pyridine rings is 1. The third-order valence-corrected chi connectivity index (χ3v) is 6.11. The molecule has 0 saturated heterocycles. The summed E-state index contributed by atoms with van der Waals surface area (Å²) in [7, 11) is 1.26. The number of amides is 1. The summed E-state index contributed by atoms with van der Waals surface area (Å²) in [6, 6.07) is 20.2. The summed E-state index contributed by atoms with van der Waals surface area (Å²) in [5, 5.41) is 0. The van der Waals surface area contributed by atoms with E-state index < -0.39 is 29.7 Å². The molecule has 1 atom stereocenters. The lowest BCUT2D eigenvalue weighted by atomic mass is 10.1. The zero-order valence-electron chi connectivity index (χ0n) is 21.1. The van der Waals surface area contributed by atoms with Crippen molar-refractivity contribution in [1.82, 2.24) is 14.5 Å². The first-order valence-electron chi connectivity index (χ1n) is 12.1. The van der Waals surface area contributed by atoms with Gasteiger partial charge in [0, 0.05) is 36.8 Å². The zero-order chi connectivity index (χ0) is 27.8. The van der Waals surface area contributed by atoms with Crippen LogP contribution in [0.2, 0.25) is 0 Å². The lowest BCUT2D eigenvalue weighted by Gasteiger charge is -2.29. The molecule has 0 bridgehead atoms. The van der Waals surface area contributed by atoms with Gasteiger partial charge in [0.2, 0.25) is 5.91 Å². The minimum atomic E-state index is -4.45. The molecule has 200 valence electrons. The summed E-state index contributed by atoms with van der Waals surface area (Å²) in [4.78, 5) is 32.0. The summed E-state index contributed by atoms with van der Waals surface area (Å²) in [5.41, 5.74) is 2.11. The molecule has 2 aromatic carbocycles. The van der Waals surface area contributed by atoms with Gasteiger partial charge in [-0.15, -0.1) is 0 Å². The van der Waals surface area contributed by atoms with E-state index in [4.69, 9.17) is 4.74 Å². The second-order valence-corrected chi connectivity index (χ2v) is 8.75. The second kappa shape index (κ2) is 12.3. The van der Waals surface area contributed by atoms with Crippen LogP contribution in [0.5, 0.6) is 0 Å². The summed E-state index contributed by atoms with van der Waals surface area (Å²) in [6.45, 7) is 0.255. The summed E-state index contributed by atoms with van der Waals surface area (Å²) < 4.78 is 45.5. The quantitative estimate of drug-likeness (QED) is 0.200. The number of benzene rings is 2. The average molecular weight is 534 g/mol. The Kier molecular flexibility index (Phi) is 8.60. The second-order valence-electron chi connectivity index (χ2n) is 8.75. The predicted molar refractivity (Wildman–Crippen MR) is 141 cm³/mol. The molecule has 0 aliphatic carbocycles. The number of alkyl halides is 3. The molecule has 0 aliphatic heterocycles. The van der Waals surface area contributed by atoms with Crippen molar-refractivity contribution in [2.24, 2.45) is 0 Å². The first-order chi connectivity index (χ1) is 18.7. The summed E-state index contributed by atoms with van der Waals surface area (Å²) >= 11 is 0. The van der Waals surface area contributed by atoms with Crippen LogP contribution in [0, 0.1) is 0 Å². The topological polar surface area (TPSA) is 64.4 Å². The van der Waals surface area contributed by atoms with E-state index in [-0.39, 0.29) is 13.1 Å². The van der Waals surface area contributed by atoms with Crippen molar-refractivity contribution in [3.63, 3.8) is 0 Å². The van der Waals surface area contributed by atoms with Crippen LogP contribution < -0.4 is 0 Å². The molecule has 0 unspecified atom stereocenters. The van der Waals surface area contributed by atoms with E-state index in [1.165, 1.54) is 36.3 Å². The summed E-state index contributed by atoms with van der Waals surface area (Å²) in [5.74, 6) is -1.09. The number of hydrogen-bond acceptors (Lipinski definition) is 4. The van der Waals surface area contributed by atoms with Gasteiger partial charge in [0.1, 0.15) is 6.04 Å². The molecular formula is C30H26F3N3O3. The molecule has 4 rings (SSSR count). The molecule has 1 amide bonds. The Morgan fingerprint density at radius 1 is 0.974 bits per heavy atom. The SMILES string of the molecule is COC(=O)[C@H](Cn1cccc1)N(Cc1ccc(-c2ccccn2)cc1)C(=O)/C=C/c1ccc(C(F)(F)F)cc1. The summed E-state index contributed by atoms with van der Waals surface area (Å²) in [6.07, 6.45) is 3.47. The van der Waals surface area contributed by atoms with Crippen LogP contribution in [-0.2, 0) is 33.6 Å². The van der Waals surface area contributed by atoms with Gasteiger partial charge in [0.15, 0.2) is 0 Å². The molecule has 4 aromatic rings. The van der Waals surface area contributed by atoms with Gasteiger partial charge in [-0.1, -0.05) is 42.5 Å². The van der Waals surface area contributed by atoms with Crippen LogP contribution in [0.3, 0.4) is 0 Å². The highest BCUT2D eigenvalue weighted by atomic mass is 19.4. The molecule has 0 fully saturated rings. The van der Waals surface area contributed by atoms with Gasteiger partial charge in [-0.2, -0.15) is 13.2 Å². The fourth-order valence-electron chi connectivity index (χ4n) is 4.03. The van der Waals surface area contributed by atoms with Gasteiger partial charge >= 0.3 is 12.1 Å². The van der Waals surface area contributed by atoms with Crippen molar-refractivity contribution in [3.8, 4) is 11.3 Å². The maximum absolute atomic E-state index is 13.5. The normalized spacial score (nSPS) is 12.3. The maximum Gasteiger partial charge on any atom is 0.416 e. The van der Waals surface area contributed by atoms with Gasteiger partial charge < -0.3 is 14.2 Å². The third-order valence-electron chi connectivity index (χ3n) is 6.11. The highest BCUT2D eigenvalue weighted by molar-refractivity contribution is 5.94. The number of ether oxygens (including phenoxy) is 1. The highest BCUT2D eigenvalue weighted by Crippen LogP contribution is 2.29. The van der Waals surface area contributed by atoms with Gasteiger partial charge in [0.25, 0.3) is 0 Å². The lowest BCUT2D eigenvalue weighted by molar-refractivity contribution is -0.152. The van der Waals surface area contributed by atoms with Crippen molar-refractivity contribution in [3.05, 3.63) is 120 Å². The van der Waals surface area contributed by atoms with E-state index in [2.05, 4.69) is 4.98 Å². The van der Waals surface area contributed by atoms with E-state index >= 15 is 0 Å². The van der Waals surface area contributed by atoms with Crippen LogP contribution in [0.25, 0.3) is 17.3 Å². The first-order valence-corrected chi connectivity index (χ1v) is 12.1. The Hall–Kier alpha value is -4.66. The average Bonchev–Trinajstić information content (AvgIpc) is 3.47. The number of aromatic nitrogens is 2. The number of esters is 1. The fourth-order valence-corrected chi connectivity index (χ4v) is 4.03. The molecule has 0 aliphatic rings. The Bertz CT molecular complexity index is 1400. The standard InChI is InChI=1S/C30H26F3N3O3/c1-39-29(38)27(21-35-18-4-5-19-35)36(20-23-7-12-24(13-8-23)26-6-2-3-17-34-26)28(37)16-11-22-9-14-25(15-10-22)30(31,32)33/h2-19,27H,20-21H2,1H3/b16-11+/t27-/m0/s1. The maximum atomic E-state index is 13.5. The third kappa shape index (κ3) is 7.22. The predicted octanol–water partition coefficient (Wildman–Crippen LogP) is 5.85. The Morgan fingerprint density at radius 2 is 1.67 bits per heavy atom. The van der Waals surface area contributed by atoms with Crippen molar-refractivity contribution >= 4 is 18.0 Å². The number of rotatable bonds is 9.